The monoisotopic (exact) mass is 376 g/mol. The Kier molecular flexibility index (Phi) is 5.96. The first-order chi connectivity index (χ1) is 13.6. The second-order valence-corrected chi connectivity index (χ2v) is 5.85. The minimum atomic E-state index is -0.659. The van der Waals surface area contributed by atoms with Crippen LogP contribution in [0.1, 0.15) is 18.2 Å². The summed E-state index contributed by atoms with van der Waals surface area (Å²) in [6, 6.07) is 16.0. The zero-order valence-corrected chi connectivity index (χ0v) is 15.6. The third kappa shape index (κ3) is 4.32. The topological polar surface area (TPSA) is 89.6 Å². The number of nitrogens with zero attached hydrogens (tertiary/aromatic N) is 4. The average molecular weight is 376 g/mol. The lowest BCUT2D eigenvalue weighted by Gasteiger charge is -2.07. The van der Waals surface area contributed by atoms with E-state index in [9.17, 15) is 9.90 Å². The van der Waals surface area contributed by atoms with Crippen molar-refractivity contribution in [2.75, 3.05) is 6.61 Å². The van der Waals surface area contributed by atoms with Crippen LogP contribution in [0.4, 0.5) is 5.82 Å². The molecule has 142 valence electrons. The molecule has 7 nitrogen and oxygen atoms in total. The minimum absolute atomic E-state index is 0.0422. The van der Waals surface area contributed by atoms with Gasteiger partial charge in [-0.25, -0.2) is 14.8 Å². The van der Waals surface area contributed by atoms with Crippen LogP contribution in [0.3, 0.4) is 0 Å². The number of aromatic nitrogens is 3. The molecular formula is C21H20N4O3. The van der Waals surface area contributed by atoms with Crippen molar-refractivity contribution in [3.63, 3.8) is 0 Å². The molecule has 7 heteroatoms. The average Bonchev–Trinajstić information content (AvgIpc) is 3.10. The summed E-state index contributed by atoms with van der Waals surface area (Å²) in [6.45, 7) is 3.72. The highest BCUT2D eigenvalue weighted by atomic mass is 16.5. The summed E-state index contributed by atoms with van der Waals surface area (Å²) in [4.78, 5) is 21.0. The molecule has 0 bridgehead atoms. The molecule has 0 saturated carbocycles. The molecule has 0 aliphatic rings. The highest BCUT2D eigenvalue weighted by molar-refractivity contribution is 6.15. The summed E-state index contributed by atoms with van der Waals surface area (Å²) in [6.07, 6.45) is 2.95. The molecule has 0 aliphatic heterocycles. The Bertz CT molecular complexity index is 1010. The second kappa shape index (κ2) is 8.77. The van der Waals surface area contributed by atoms with E-state index in [1.54, 1.807) is 54.2 Å². The van der Waals surface area contributed by atoms with Crippen molar-refractivity contribution in [3.8, 4) is 5.82 Å². The fourth-order valence-electron chi connectivity index (χ4n) is 2.53. The fourth-order valence-corrected chi connectivity index (χ4v) is 2.53. The molecule has 0 fully saturated rings. The number of aliphatic hydroxyl groups is 1. The molecule has 1 N–H and O–H groups in total. The Balaban J connectivity index is 2.03. The van der Waals surface area contributed by atoms with Gasteiger partial charge in [0.15, 0.2) is 11.6 Å². The van der Waals surface area contributed by atoms with E-state index in [-0.39, 0.29) is 17.9 Å². The van der Waals surface area contributed by atoms with E-state index >= 15 is 0 Å². The molecule has 3 rings (SSSR count). The molecule has 2 heterocycles. The van der Waals surface area contributed by atoms with Crippen LogP contribution < -0.4 is 0 Å². The Morgan fingerprint density at radius 3 is 2.64 bits per heavy atom. The zero-order chi connectivity index (χ0) is 19.9. The van der Waals surface area contributed by atoms with Crippen LogP contribution in [0.15, 0.2) is 71.4 Å². The summed E-state index contributed by atoms with van der Waals surface area (Å²) in [7, 11) is 0. The molecule has 1 aromatic carbocycles. The summed E-state index contributed by atoms with van der Waals surface area (Å²) >= 11 is 0. The molecule has 0 spiro atoms. The van der Waals surface area contributed by atoms with Crippen LogP contribution >= 0.6 is 0 Å². The van der Waals surface area contributed by atoms with Gasteiger partial charge in [0.05, 0.1) is 12.3 Å². The maximum Gasteiger partial charge on any atom is 0.343 e. The van der Waals surface area contributed by atoms with Gasteiger partial charge < -0.3 is 9.84 Å². The van der Waals surface area contributed by atoms with Crippen LogP contribution in [0, 0.1) is 6.92 Å². The van der Waals surface area contributed by atoms with Crippen molar-refractivity contribution in [1.29, 1.82) is 0 Å². The number of carbonyl (C=O) groups excluding carboxylic acids is 1. The molecular weight excluding hydrogens is 356 g/mol. The normalized spacial score (nSPS) is 12.1. The number of aliphatic hydroxyl groups excluding tert-OH is 1. The fraction of sp³-hybridized carbons (Fsp3) is 0.143. The first kappa shape index (κ1) is 19.0. The molecule has 0 atom stereocenters. The molecule has 0 aliphatic carbocycles. The van der Waals surface area contributed by atoms with Crippen molar-refractivity contribution in [2.45, 2.75) is 13.8 Å². The van der Waals surface area contributed by atoms with E-state index in [0.29, 0.717) is 17.2 Å². The Labute approximate surface area is 162 Å². The van der Waals surface area contributed by atoms with E-state index in [2.05, 4.69) is 15.1 Å². The Morgan fingerprint density at radius 2 is 1.96 bits per heavy atom. The zero-order valence-electron chi connectivity index (χ0n) is 15.6. The van der Waals surface area contributed by atoms with Gasteiger partial charge in [0, 0.05) is 24.0 Å². The van der Waals surface area contributed by atoms with E-state index in [1.807, 2.05) is 25.1 Å². The predicted molar refractivity (Wildman–Crippen MR) is 107 cm³/mol. The van der Waals surface area contributed by atoms with Crippen LogP contribution in [0.25, 0.3) is 11.6 Å². The number of hydrogen-bond acceptors (Lipinski definition) is 6. The van der Waals surface area contributed by atoms with Gasteiger partial charge >= 0.3 is 5.97 Å². The number of hydrogen-bond donors (Lipinski definition) is 1. The van der Waals surface area contributed by atoms with Crippen molar-refractivity contribution in [1.82, 2.24) is 14.8 Å². The number of aliphatic imine (C=N–C) groups is 1. The number of aryl methyl sites for hydroxylation is 1. The van der Waals surface area contributed by atoms with Crippen LogP contribution in [0.5, 0.6) is 0 Å². The molecule has 2 aromatic heterocycles. The van der Waals surface area contributed by atoms with Crippen molar-refractivity contribution in [3.05, 3.63) is 77.6 Å². The number of carbonyl (C=O) groups is 1. The van der Waals surface area contributed by atoms with E-state index in [0.717, 1.165) is 5.69 Å². The molecule has 0 saturated heterocycles. The molecule has 0 unspecified atom stereocenters. The van der Waals surface area contributed by atoms with Crippen LogP contribution in [0.2, 0.25) is 0 Å². The lowest BCUT2D eigenvalue weighted by Crippen LogP contribution is -2.11. The quantitative estimate of drug-likeness (QED) is 0.306. The second-order valence-electron chi connectivity index (χ2n) is 5.85. The standard InChI is InChI=1S/C21H20N4O3/c1-3-28-21(27)17(20(26)16-9-5-4-6-10-16)14-23-19-13-15(2)24-25(19)18-11-7-8-12-22-18/h4-14,26H,3H2,1-2H3. The third-order valence-corrected chi connectivity index (χ3v) is 3.80. The van der Waals surface area contributed by atoms with E-state index in [4.69, 9.17) is 4.74 Å². The van der Waals surface area contributed by atoms with Crippen molar-refractivity contribution >= 4 is 23.8 Å². The van der Waals surface area contributed by atoms with Gasteiger partial charge in [-0.1, -0.05) is 36.4 Å². The Morgan fingerprint density at radius 1 is 1.21 bits per heavy atom. The SMILES string of the molecule is CCOC(=O)C(C=Nc1cc(C)nn1-c1ccccn1)=C(O)c1ccccc1. The van der Waals surface area contributed by atoms with Gasteiger partial charge in [-0.3, -0.25) is 0 Å². The van der Waals surface area contributed by atoms with Crippen LogP contribution in [-0.4, -0.2) is 38.7 Å². The van der Waals surface area contributed by atoms with Crippen molar-refractivity contribution in [2.24, 2.45) is 4.99 Å². The van der Waals surface area contributed by atoms with Gasteiger partial charge in [-0.2, -0.15) is 9.78 Å². The van der Waals surface area contributed by atoms with Gasteiger partial charge in [0.25, 0.3) is 0 Å². The van der Waals surface area contributed by atoms with Gasteiger partial charge in [-0.05, 0) is 26.0 Å². The molecule has 28 heavy (non-hydrogen) atoms. The third-order valence-electron chi connectivity index (χ3n) is 3.80. The lowest BCUT2D eigenvalue weighted by molar-refractivity contribution is -0.137. The number of benzene rings is 1. The summed E-state index contributed by atoms with van der Waals surface area (Å²) in [5, 5.41) is 15.0. The largest absolute Gasteiger partial charge is 0.506 e. The maximum absolute atomic E-state index is 12.4. The van der Waals surface area contributed by atoms with Crippen LogP contribution in [-0.2, 0) is 9.53 Å². The molecule has 3 aromatic rings. The minimum Gasteiger partial charge on any atom is -0.506 e. The van der Waals surface area contributed by atoms with Gasteiger partial charge in [-0.15, -0.1) is 0 Å². The first-order valence-electron chi connectivity index (χ1n) is 8.78. The van der Waals surface area contributed by atoms with Crippen molar-refractivity contribution < 1.29 is 14.6 Å². The number of esters is 1. The summed E-state index contributed by atoms with van der Waals surface area (Å²) in [5.74, 6) is 0.201. The molecule has 0 radical (unpaired) electrons. The highest BCUT2D eigenvalue weighted by Crippen LogP contribution is 2.20. The highest BCUT2D eigenvalue weighted by Gasteiger charge is 2.17. The Hall–Kier alpha value is -3.74. The van der Waals surface area contributed by atoms with E-state index < -0.39 is 5.97 Å². The first-order valence-corrected chi connectivity index (χ1v) is 8.78. The van der Waals surface area contributed by atoms with Gasteiger partial charge in [0.1, 0.15) is 11.3 Å². The van der Waals surface area contributed by atoms with E-state index in [1.165, 1.54) is 6.21 Å². The number of rotatable bonds is 6. The summed E-state index contributed by atoms with van der Waals surface area (Å²) < 4.78 is 6.64. The lowest BCUT2D eigenvalue weighted by atomic mass is 10.1. The molecule has 0 amide bonds. The maximum atomic E-state index is 12.4. The van der Waals surface area contributed by atoms with Gasteiger partial charge in [0.2, 0.25) is 0 Å². The number of pyridine rings is 1. The predicted octanol–water partition coefficient (Wildman–Crippen LogP) is 3.81. The summed E-state index contributed by atoms with van der Waals surface area (Å²) in [5.41, 5.74) is 1.19. The number of ether oxygens (including phenoxy) is 1. The smallest absolute Gasteiger partial charge is 0.343 e.